The van der Waals surface area contributed by atoms with E-state index in [1.54, 1.807) is 48.6 Å². The monoisotopic (exact) mass is 390 g/mol. The van der Waals surface area contributed by atoms with Gasteiger partial charge < -0.3 is 24.3 Å². The number of nitrogens with zero attached hydrogens (tertiary/aromatic N) is 5. The number of anilines is 1. The van der Waals surface area contributed by atoms with Crippen LogP contribution in [0.15, 0.2) is 24.8 Å². The molecule has 2 aromatic rings. The lowest BCUT2D eigenvalue weighted by atomic mass is 9.98. The van der Waals surface area contributed by atoms with Gasteiger partial charge >= 0.3 is 0 Å². The van der Waals surface area contributed by atoms with Crippen LogP contribution in [-0.2, 0) is 32.7 Å². The van der Waals surface area contributed by atoms with E-state index in [9.17, 15) is 9.59 Å². The van der Waals surface area contributed by atoms with Gasteiger partial charge in [-0.05, 0) is 0 Å². The molecule has 10 heteroatoms. The van der Waals surface area contributed by atoms with Crippen molar-refractivity contribution in [1.82, 2.24) is 24.2 Å². The van der Waals surface area contributed by atoms with Crippen molar-refractivity contribution in [2.24, 2.45) is 13.0 Å². The minimum absolute atomic E-state index is 0.0824. The van der Waals surface area contributed by atoms with Gasteiger partial charge in [0.2, 0.25) is 11.8 Å². The van der Waals surface area contributed by atoms with Crippen molar-refractivity contribution in [3.05, 3.63) is 30.6 Å². The lowest BCUT2D eigenvalue weighted by Gasteiger charge is -2.27. The summed E-state index contributed by atoms with van der Waals surface area (Å²) in [5, 5.41) is 7.08. The molecule has 28 heavy (non-hydrogen) atoms. The summed E-state index contributed by atoms with van der Waals surface area (Å²) >= 11 is 0. The zero-order chi connectivity index (χ0) is 20.1. The maximum atomic E-state index is 13.0. The number of nitrogens with one attached hydrogen (secondary N) is 1. The number of carbonyl (C=O) groups is 2. The second kappa shape index (κ2) is 8.98. The number of aryl methyl sites for hydroxylation is 1. The molecule has 0 aliphatic carbocycles. The minimum atomic E-state index is -0.548. The molecule has 2 atom stereocenters. The highest BCUT2D eigenvalue weighted by atomic mass is 16.5. The molecule has 3 rings (SSSR count). The fraction of sp³-hybridized carbons (Fsp3) is 0.556. The summed E-state index contributed by atoms with van der Waals surface area (Å²) in [6.07, 6.45) is 6.93. The van der Waals surface area contributed by atoms with Gasteiger partial charge in [0.05, 0.1) is 37.6 Å². The standard InChI is InChI=1S/C18H26N6O4/c1-22-5-4-19-17(22)16-14(10-15(25)24(16)7-9-28-3)18(26)21-13-11-20-23(12-13)6-8-27-2/h4-5,11-12,14,16H,6-10H2,1-3H3,(H,21,26)/t14-,16-/m0/s1. The van der Waals surface area contributed by atoms with Gasteiger partial charge in [-0.3, -0.25) is 14.3 Å². The molecule has 0 radical (unpaired) electrons. The van der Waals surface area contributed by atoms with Crippen molar-refractivity contribution in [1.29, 1.82) is 0 Å². The Kier molecular flexibility index (Phi) is 6.42. The average molecular weight is 390 g/mol. The number of hydrogen-bond acceptors (Lipinski definition) is 6. The van der Waals surface area contributed by atoms with E-state index < -0.39 is 12.0 Å². The third-order valence-electron chi connectivity index (χ3n) is 4.85. The van der Waals surface area contributed by atoms with Crippen LogP contribution in [0.3, 0.4) is 0 Å². The molecule has 0 aromatic carbocycles. The van der Waals surface area contributed by atoms with E-state index in [1.165, 1.54) is 0 Å². The lowest BCUT2D eigenvalue weighted by Crippen LogP contribution is -2.35. The van der Waals surface area contributed by atoms with E-state index in [-0.39, 0.29) is 18.2 Å². The van der Waals surface area contributed by atoms with E-state index in [2.05, 4.69) is 15.4 Å². The molecule has 0 unspecified atom stereocenters. The molecular formula is C18H26N6O4. The maximum absolute atomic E-state index is 13.0. The van der Waals surface area contributed by atoms with Crippen LogP contribution in [0.25, 0.3) is 0 Å². The van der Waals surface area contributed by atoms with Crippen LogP contribution in [0.5, 0.6) is 0 Å². The maximum Gasteiger partial charge on any atom is 0.230 e. The Balaban J connectivity index is 1.78. The molecule has 1 aliphatic heterocycles. The highest BCUT2D eigenvalue weighted by molar-refractivity contribution is 5.97. The largest absolute Gasteiger partial charge is 0.383 e. The Bertz CT molecular complexity index is 817. The first-order valence-corrected chi connectivity index (χ1v) is 9.13. The minimum Gasteiger partial charge on any atom is -0.383 e. The third kappa shape index (κ3) is 4.23. The van der Waals surface area contributed by atoms with Crippen molar-refractivity contribution >= 4 is 17.5 Å². The van der Waals surface area contributed by atoms with Crippen LogP contribution >= 0.6 is 0 Å². The van der Waals surface area contributed by atoms with Gasteiger partial charge in [-0.2, -0.15) is 5.10 Å². The molecule has 0 spiro atoms. The predicted octanol–water partition coefficient (Wildman–Crippen LogP) is 0.438. The molecule has 152 valence electrons. The molecule has 1 N–H and O–H groups in total. The molecule has 10 nitrogen and oxygen atoms in total. The first-order chi connectivity index (χ1) is 13.5. The van der Waals surface area contributed by atoms with Crippen LogP contribution in [0.1, 0.15) is 18.3 Å². The molecule has 2 aromatic heterocycles. The Hall–Kier alpha value is -2.72. The number of rotatable bonds is 9. The van der Waals surface area contributed by atoms with Crippen LogP contribution in [-0.4, -0.2) is 70.0 Å². The van der Waals surface area contributed by atoms with E-state index in [0.717, 1.165) is 0 Å². The number of methoxy groups -OCH3 is 2. The molecular weight excluding hydrogens is 364 g/mol. The van der Waals surface area contributed by atoms with Crippen LogP contribution in [0.2, 0.25) is 0 Å². The Morgan fingerprint density at radius 2 is 2.04 bits per heavy atom. The van der Waals surface area contributed by atoms with Gasteiger partial charge in [0, 0.05) is 52.8 Å². The fourth-order valence-electron chi connectivity index (χ4n) is 3.43. The van der Waals surface area contributed by atoms with Gasteiger partial charge in [0.25, 0.3) is 0 Å². The number of carbonyl (C=O) groups excluding carboxylic acids is 2. The summed E-state index contributed by atoms with van der Waals surface area (Å²) in [7, 11) is 5.06. The highest BCUT2D eigenvalue weighted by Crippen LogP contribution is 2.37. The second-order valence-corrected chi connectivity index (χ2v) is 6.71. The SMILES string of the molecule is COCCN1C(=O)C[C@H](C(=O)Nc2cnn(CCOC)c2)[C@H]1c1nccn1C. The Labute approximate surface area is 163 Å². The summed E-state index contributed by atoms with van der Waals surface area (Å²) in [6, 6.07) is -0.439. The number of aromatic nitrogens is 4. The van der Waals surface area contributed by atoms with Gasteiger partial charge in [0.1, 0.15) is 11.9 Å². The van der Waals surface area contributed by atoms with Crippen LogP contribution in [0, 0.1) is 5.92 Å². The molecule has 1 saturated heterocycles. The molecule has 2 amide bonds. The number of ether oxygens (including phenoxy) is 2. The zero-order valence-electron chi connectivity index (χ0n) is 16.4. The normalized spacial score (nSPS) is 19.4. The smallest absolute Gasteiger partial charge is 0.230 e. The van der Waals surface area contributed by atoms with Gasteiger partial charge in [0.15, 0.2) is 0 Å². The third-order valence-corrected chi connectivity index (χ3v) is 4.85. The van der Waals surface area contributed by atoms with E-state index in [0.29, 0.717) is 37.8 Å². The molecule has 0 saturated carbocycles. The first-order valence-electron chi connectivity index (χ1n) is 9.13. The number of amides is 2. The number of imidazole rings is 1. The van der Waals surface area contributed by atoms with Gasteiger partial charge in [-0.15, -0.1) is 0 Å². The van der Waals surface area contributed by atoms with Crippen molar-refractivity contribution in [3.8, 4) is 0 Å². The molecule has 1 fully saturated rings. The predicted molar refractivity (Wildman–Crippen MR) is 100 cm³/mol. The number of hydrogen-bond donors (Lipinski definition) is 1. The lowest BCUT2D eigenvalue weighted by molar-refractivity contribution is -0.129. The summed E-state index contributed by atoms with van der Waals surface area (Å²) in [5.74, 6) is -0.181. The molecule has 1 aliphatic rings. The van der Waals surface area contributed by atoms with Crippen molar-refractivity contribution < 1.29 is 19.1 Å². The summed E-state index contributed by atoms with van der Waals surface area (Å²) in [6.45, 7) is 1.93. The van der Waals surface area contributed by atoms with Crippen molar-refractivity contribution in [2.45, 2.75) is 19.0 Å². The average Bonchev–Trinajstić information content (AvgIpc) is 3.37. The number of likely N-dealkylation sites (tertiary alicyclic amines) is 1. The molecule has 3 heterocycles. The van der Waals surface area contributed by atoms with Crippen molar-refractivity contribution in [3.63, 3.8) is 0 Å². The van der Waals surface area contributed by atoms with Gasteiger partial charge in [-0.1, -0.05) is 0 Å². The van der Waals surface area contributed by atoms with Crippen LogP contribution in [0.4, 0.5) is 5.69 Å². The summed E-state index contributed by atoms with van der Waals surface area (Å²) in [5.41, 5.74) is 0.586. The summed E-state index contributed by atoms with van der Waals surface area (Å²) in [4.78, 5) is 31.7. The van der Waals surface area contributed by atoms with E-state index in [1.807, 2.05) is 11.6 Å². The van der Waals surface area contributed by atoms with Crippen molar-refractivity contribution in [2.75, 3.05) is 39.3 Å². The van der Waals surface area contributed by atoms with E-state index in [4.69, 9.17) is 9.47 Å². The topological polar surface area (TPSA) is 104 Å². The summed E-state index contributed by atoms with van der Waals surface area (Å²) < 4.78 is 13.7. The highest BCUT2D eigenvalue weighted by Gasteiger charge is 2.46. The quantitative estimate of drug-likeness (QED) is 0.666. The van der Waals surface area contributed by atoms with E-state index >= 15 is 0 Å². The fourth-order valence-corrected chi connectivity index (χ4v) is 3.43. The first kappa shape index (κ1) is 20.0. The van der Waals surface area contributed by atoms with Crippen LogP contribution < -0.4 is 5.32 Å². The second-order valence-electron chi connectivity index (χ2n) is 6.71. The molecule has 0 bridgehead atoms. The Morgan fingerprint density at radius 3 is 2.71 bits per heavy atom. The zero-order valence-corrected chi connectivity index (χ0v) is 16.4. The van der Waals surface area contributed by atoms with Gasteiger partial charge in [-0.25, -0.2) is 4.98 Å². The Morgan fingerprint density at radius 1 is 1.29 bits per heavy atom.